The van der Waals surface area contributed by atoms with Crippen LogP contribution in [0, 0.1) is 0 Å². The Morgan fingerprint density at radius 2 is 1.69 bits per heavy atom. The summed E-state index contributed by atoms with van der Waals surface area (Å²) in [6.07, 6.45) is 4.24. The van der Waals surface area contributed by atoms with Crippen LogP contribution < -0.4 is 0 Å². The van der Waals surface area contributed by atoms with Gasteiger partial charge >= 0.3 is 0 Å². The van der Waals surface area contributed by atoms with Crippen LogP contribution in [0.15, 0.2) is 49.2 Å². The van der Waals surface area contributed by atoms with E-state index in [9.17, 15) is 4.79 Å². The second-order valence-electron chi connectivity index (χ2n) is 3.42. The number of hydrogen-bond donors (Lipinski definition) is 0. The maximum atomic E-state index is 10.5. The Kier molecular flexibility index (Phi) is 2.92. The SMILES string of the molecule is C=Cc1ccc(-c2ccc(C=O)nc2)cc1. The fraction of sp³-hybridized carbons (Fsp3) is 0. The number of pyridine rings is 1. The molecule has 0 unspecified atom stereocenters. The van der Waals surface area contributed by atoms with Crippen molar-refractivity contribution in [2.75, 3.05) is 0 Å². The van der Waals surface area contributed by atoms with Gasteiger partial charge < -0.3 is 0 Å². The highest BCUT2D eigenvalue weighted by molar-refractivity contribution is 5.73. The summed E-state index contributed by atoms with van der Waals surface area (Å²) < 4.78 is 0. The molecule has 0 atom stereocenters. The first-order chi connectivity index (χ1) is 7.83. The molecule has 0 amide bonds. The van der Waals surface area contributed by atoms with E-state index in [1.165, 1.54) is 0 Å². The van der Waals surface area contributed by atoms with Crippen molar-refractivity contribution in [2.45, 2.75) is 0 Å². The Hall–Kier alpha value is -2.22. The number of aldehydes is 1. The summed E-state index contributed by atoms with van der Waals surface area (Å²) in [7, 11) is 0. The zero-order valence-electron chi connectivity index (χ0n) is 8.76. The van der Waals surface area contributed by atoms with Crippen LogP contribution in [0.3, 0.4) is 0 Å². The predicted molar refractivity (Wildman–Crippen MR) is 65.2 cm³/mol. The van der Waals surface area contributed by atoms with Crippen LogP contribution in [-0.2, 0) is 0 Å². The largest absolute Gasteiger partial charge is 0.296 e. The Balaban J connectivity index is 2.34. The Morgan fingerprint density at radius 3 is 2.19 bits per heavy atom. The van der Waals surface area contributed by atoms with Gasteiger partial charge in [0.2, 0.25) is 0 Å². The third-order valence-electron chi connectivity index (χ3n) is 2.39. The molecule has 16 heavy (non-hydrogen) atoms. The zero-order chi connectivity index (χ0) is 11.4. The van der Waals surface area contributed by atoms with Crippen LogP contribution in [0.25, 0.3) is 17.2 Å². The van der Waals surface area contributed by atoms with E-state index >= 15 is 0 Å². The minimum absolute atomic E-state index is 0.450. The second kappa shape index (κ2) is 4.53. The molecule has 2 nitrogen and oxygen atoms in total. The van der Waals surface area contributed by atoms with Gasteiger partial charge in [-0.05, 0) is 17.2 Å². The predicted octanol–water partition coefficient (Wildman–Crippen LogP) is 3.20. The van der Waals surface area contributed by atoms with E-state index in [1.807, 2.05) is 30.3 Å². The van der Waals surface area contributed by atoms with Crippen LogP contribution in [-0.4, -0.2) is 11.3 Å². The number of aromatic nitrogens is 1. The monoisotopic (exact) mass is 209 g/mol. The van der Waals surface area contributed by atoms with Gasteiger partial charge in [-0.1, -0.05) is 43.0 Å². The van der Waals surface area contributed by atoms with Gasteiger partial charge in [0, 0.05) is 11.8 Å². The minimum atomic E-state index is 0.450. The standard InChI is InChI=1S/C14H11NO/c1-2-11-3-5-12(6-4-11)13-7-8-14(10-16)15-9-13/h2-10H,1H2. The highest BCUT2D eigenvalue weighted by Gasteiger charge is 1.98. The molecule has 0 aliphatic carbocycles. The van der Waals surface area contributed by atoms with Crippen molar-refractivity contribution in [1.29, 1.82) is 0 Å². The Labute approximate surface area is 94.3 Å². The fourth-order valence-electron chi connectivity index (χ4n) is 1.46. The van der Waals surface area contributed by atoms with E-state index in [-0.39, 0.29) is 0 Å². The van der Waals surface area contributed by atoms with Gasteiger partial charge in [0.15, 0.2) is 6.29 Å². The number of nitrogens with zero attached hydrogens (tertiary/aromatic N) is 1. The maximum absolute atomic E-state index is 10.5. The first-order valence-electron chi connectivity index (χ1n) is 4.97. The summed E-state index contributed by atoms with van der Waals surface area (Å²) in [6.45, 7) is 3.70. The first kappa shape index (κ1) is 10.3. The molecule has 78 valence electrons. The van der Waals surface area contributed by atoms with E-state index in [0.29, 0.717) is 5.69 Å². The molecular weight excluding hydrogens is 198 g/mol. The molecule has 0 spiro atoms. The quantitative estimate of drug-likeness (QED) is 0.726. The van der Waals surface area contributed by atoms with Gasteiger partial charge in [0.1, 0.15) is 5.69 Å². The van der Waals surface area contributed by atoms with E-state index in [4.69, 9.17) is 0 Å². The molecule has 0 radical (unpaired) electrons. The lowest BCUT2D eigenvalue weighted by atomic mass is 10.1. The van der Waals surface area contributed by atoms with Crippen molar-refractivity contribution >= 4 is 12.4 Å². The molecule has 0 saturated carbocycles. The maximum Gasteiger partial charge on any atom is 0.168 e. The average molecular weight is 209 g/mol. The normalized spacial score (nSPS) is 9.75. The number of hydrogen-bond acceptors (Lipinski definition) is 2. The topological polar surface area (TPSA) is 30.0 Å². The molecule has 2 heteroatoms. The van der Waals surface area contributed by atoms with Crippen molar-refractivity contribution in [1.82, 2.24) is 4.98 Å². The van der Waals surface area contributed by atoms with Crippen molar-refractivity contribution in [3.8, 4) is 11.1 Å². The fourth-order valence-corrected chi connectivity index (χ4v) is 1.46. The van der Waals surface area contributed by atoms with Gasteiger partial charge in [-0.3, -0.25) is 9.78 Å². The highest BCUT2D eigenvalue weighted by atomic mass is 16.1. The molecule has 0 aliphatic heterocycles. The average Bonchev–Trinajstić information content (AvgIpc) is 2.39. The minimum Gasteiger partial charge on any atom is -0.296 e. The summed E-state index contributed by atoms with van der Waals surface area (Å²) in [5.41, 5.74) is 3.62. The molecule has 0 saturated heterocycles. The number of benzene rings is 1. The lowest BCUT2D eigenvalue weighted by Gasteiger charge is -2.01. The van der Waals surface area contributed by atoms with Gasteiger partial charge in [0.05, 0.1) is 0 Å². The molecule has 1 heterocycles. The van der Waals surface area contributed by atoms with Crippen molar-refractivity contribution in [2.24, 2.45) is 0 Å². The van der Waals surface area contributed by atoms with E-state index in [2.05, 4.69) is 11.6 Å². The molecule has 1 aromatic heterocycles. The number of carbonyl (C=O) groups excluding carboxylic acids is 1. The summed E-state index contributed by atoms with van der Waals surface area (Å²) in [5, 5.41) is 0. The highest BCUT2D eigenvalue weighted by Crippen LogP contribution is 2.19. The number of rotatable bonds is 3. The van der Waals surface area contributed by atoms with Gasteiger partial charge in [-0.25, -0.2) is 0 Å². The van der Waals surface area contributed by atoms with Crippen LogP contribution in [0.2, 0.25) is 0 Å². The Bertz CT molecular complexity index is 448. The molecule has 2 rings (SSSR count). The van der Waals surface area contributed by atoms with Crippen LogP contribution in [0.4, 0.5) is 0 Å². The van der Waals surface area contributed by atoms with E-state index < -0.39 is 0 Å². The van der Waals surface area contributed by atoms with E-state index in [1.54, 1.807) is 18.3 Å². The van der Waals surface area contributed by atoms with E-state index in [0.717, 1.165) is 23.0 Å². The van der Waals surface area contributed by atoms with Crippen molar-refractivity contribution in [3.63, 3.8) is 0 Å². The summed E-state index contributed by atoms with van der Waals surface area (Å²) in [6, 6.07) is 11.6. The molecule has 1 aromatic carbocycles. The third kappa shape index (κ3) is 2.06. The lowest BCUT2D eigenvalue weighted by Crippen LogP contribution is -1.86. The molecular formula is C14H11NO. The summed E-state index contributed by atoms with van der Waals surface area (Å²) >= 11 is 0. The van der Waals surface area contributed by atoms with Crippen molar-refractivity contribution < 1.29 is 4.79 Å². The smallest absolute Gasteiger partial charge is 0.168 e. The van der Waals surface area contributed by atoms with Gasteiger partial charge in [-0.15, -0.1) is 0 Å². The molecule has 0 fully saturated rings. The van der Waals surface area contributed by atoms with Gasteiger partial charge in [0.25, 0.3) is 0 Å². The molecule has 0 N–H and O–H groups in total. The van der Waals surface area contributed by atoms with Crippen molar-refractivity contribution in [3.05, 3.63) is 60.4 Å². The zero-order valence-corrected chi connectivity index (χ0v) is 8.76. The molecule has 0 aliphatic rings. The summed E-state index contributed by atoms with van der Waals surface area (Å²) in [5.74, 6) is 0. The first-order valence-corrected chi connectivity index (χ1v) is 4.97. The molecule has 0 bridgehead atoms. The Morgan fingerprint density at radius 1 is 1.00 bits per heavy atom. The summed E-state index contributed by atoms with van der Waals surface area (Å²) in [4.78, 5) is 14.5. The van der Waals surface area contributed by atoms with Crippen LogP contribution in [0.5, 0.6) is 0 Å². The molecule has 2 aromatic rings. The van der Waals surface area contributed by atoms with Crippen LogP contribution >= 0.6 is 0 Å². The lowest BCUT2D eigenvalue weighted by molar-refractivity contribution is 0.111. The van der Waals surface area contributed by atoms with Crippen LogP contribution in [0.1, 0.15) is 16.1 Å². The third-order valence-corrected chi connectivity index (χ3v) is 2.39. The van der Waals surface area contributed by atoms with Gasteiger partial charge in [-0.2, -0.15) is 0 Å². The number of carbonyl (C=O) groups is 1. The second-order valence-corrected chi connectivity index (χ2v) is 3.42.